The second kappa shape index (κ2) is 8.34. The van der Waals surface area contributed by atoms with Crippen LogP contribution in [-0.2, 0) is 6.42 Å². The molecule has 1 amide bonds. The van der Waals surface area contributed by atoms with Crippen LogP contribution in [0.4, 0.5) is 0 Å². The van der Waals surface area contributed by atoms with Crippen molar-refractivity contribution >= 4 is 17.2 Å². The highest BCUT2D eigenvalue weighted by atomic mass is 32.1. The van der Waals surface area contributed by atoms with E-state index < -0.39 is 0 Å². The third-order valence-electron chi connectivity index (χ3n) is 6.35. The Morgan fingerprint density at radius 3 is 2.71 bits per heavy atom. The Balaban J connectivity index is 1.32. The van der Waals surface area contributed by atoms with Gasteiger partial charge < -0.3 is 9.80 Å². The molecule has 1 aromatic heterocycles. The molecular weight excluding hydrogens is 366 g/mol. The van der Waals surface area contributed by atoms with E-state index in [-0.39, 0.29) is 5.91 Å². The fourth-order valence-electron chi connectivity index (χ4n) is 4.97. The molecule has 4 rings (SSSR count). The van der Waals surface area contributed by atoms with Gasteiger partial charge in [0.15, 0.2) is 0 Å². The second-order valence-corrected chi connectivity index (χ2v) is 9.80. The average molecular weight is 398 g/mol. The van der Waals surface area contributed by atoms with Gasteiger partial charge in [-0.05, 0) is 64.6 Å². The number of piperidine rings is 1. The summed E-state index contributed by atoms with van der Waals surface area (Å²) >= 11 is 1.54. The topological polar surface area (TPSA) is 36.4 Å². The fraction of sp³-hybridized carbons (Fsp3) is 0.565. The predicted molar refractivity (Wildman–Crippen MR) is 115 cm³/mol. The number of thiazole rings is 1. The molecule has 1 spiro atoms. The van der Waals surface area contributed by atoms with Gasteiger partial charge in [0.25, 0.3) is 5.91 Å². The summed E-state index contributed by atoms with van der Waals surface area (Å²) in [5.41, 5.74) is 2.62. The van der Waals surface area contributed by atoms with E-state index in [1.54, 1.807) is 11.3 Å². The molecule has 1 unspecified atom stereocenters. The first-order valence-electron chi connectivity index (χ1n) is 10.5. The van der Waals surface area contributed by atoms with Crippen molar-refractivity contribution in [3.8, 4) is 0 Å². The summed E-state index contributed by atoms with van der Waals surface area (Å²) in [5.74, 6) is 0.196. The summed E-state index contributed by atoms with van der Waals surface area (Å²) in [4.78, 5) is 23.0. The normalized spacial score (nSPS) is 22.9. The van der Waals surface area contributed by atoms with E-state index in [4.69, 9.17) is 0 Å². The zero-order valence-corrected chi connectivity index (χ0v) is 17.9. The van der Waals surface area contributed by atoms with Crippen molar-refractivity contribution in [2.24, 2.45) is 5.41 Å². The minimum atomic E-state index is 0.196. The molecule has 0 radical (unpaired) electrons. The first-order chi connectivity index (χ1) is 13.5. The zero-order chi connectivity index (χ0) is 19.6. The van der Waals surface area contributed by atoms with Gasteiger partial charge in [-0.15, -0.1) is 11.3 Å². The standard InChI is InChI=1S/C23H31N3OS/c1-18-21(28-19(2)24-18)22(27)26-15-12-23(17-26)11-7-14-25(16-23)13-6-10-20-8-4-3-5-9-20/h3-5,8-9H,6-7,10-17H2,1-2H3. The van der Waals surface area contributed by atoms with E-state index >= 15 is 0 Å². The number of benzene rings is 1. The van der Waals surface area contributed by atoms with Crippen LogP contribution in [-0.4, -0.2) is 53.4 Å². The van der Waals surface area contributed by atoms with Crippen LogP contribution in [0.3, 0.4) is 0 Å². The van der Waals surface area contributed by atoms with Crippen LogP contribution in [0.1, 0.15) is 51.6 Å². The Hall–Kier alpha value is -1.72. The Bertz CT molecular complexity index is 819. The lowest BCUT2D eigenvalue weighted by molar-refractivity contribution is 0.0691. The number of carbonyl (C=O) groups is 1. The van der Waals surface area contributed by atoms with Crippen molar-refractivity contribution in [2.75, 3.05) is 32.7 Å². The van der Waals surface area contributed by atoms with Crippen molar-refractivity contribution in [2.45, 2.75) is 46.0 Å². The van der Waals surface area contributed by atoms with Crippen molar-refractivity contribution in [1.29, 1.82) is 0 Å². The molecule has 28 heavy (non-hydrogen) atoms. The number of nitrogens with zero attached hydrogens (tertiary/aromatic N) is 3. The highest BCUT2D eigenvalue weighted by molar-refractivity contribution is 7.13. The van der Waals surface area contributed by atoms with Gasteiger partial charge in [0.2, 0.25) is 0 Å². The van der Waals surface area contributed by atoms with E-state index in [2.05, 4.69) is 45.1 Å². The third-order valence-corrected chi connectivity index (χ3v) is 7.41. The van der Waals surface area contributed by atoms with Crippen LogP contribution in [0, 0.1) is 19.3 Å². The van der Waals surface area contributed by atoms with Gasteiger partial charge in [-0.1, -0.05) is 30.3 Å². The predicted octanol–water partition coefficient (Wildman–Crippen LogP) is 4.32. The number of hydrogen-bond donors (Lipinski definition) is 0. The van der Waals surface area contributed by atoms with Gasteiger partial charge in [-0.3, -0.25) is 4.79 Å². The number of amides is 1. The molecule has 0 saturated carbocycles. The molecule has 2 fully saturated rings. The fourth-order valence-corrected chi connectivity index (χ4v) is 5.86. The Morgan fingerprint density at radius 1 is 1.14 bits per heavy atom. The largest absolute Gasteiger partial charge is 0.337 e. The van der Waals surface area contributed by atoms with E-state index in [0.717, 1.165) is 54.6 Å². The second-order valence-electron chi connectivity index (χ2n) is 8.59. The third kappa shape index (κ3) is 4.31. The zero-order valence-electron chi connectivity index (χ0n) is 17.1. The van der Waals surface area contributed by atoms with Crippen LogP contribution in [0.15, 0.2) is 30.3 Å². The van der Waals surface area contributed by atoms with Crippen LogP contribution in [0.25, 0.3) is 0 Å². The van der Waals surface area contributed by atoms with Crippen LogP contribution >= 0.6 is 11.3 Å². The number of likely N-dealkylation sites (tertiary alicyclic amines) is 2. The molecule has 1 aromatic carbocycles. The number of aromatic nitrogens is 1. The molecule has 2 aliphatic rings. The summed E-state index contributed by atoms with van der Waals surface area (Å²) in [6, 6.07) is 10.8. The molecule has 150 valence electrons. The van der Waals surface area contributed by atoms with Gasteiger partial charge in [-0.2, -0.15) is 0 Å². The van der Waals surface area contributed by atoms with Gasteiger partial charge in [0.05, 0.1) is 10.7 Å². The monoisotopic (exact) mass is 397 g/mol. The van der Waals surface area contributed by atoms with E-state index in [1.807, 2.05) is 13.8 Å². The molecule has 0 aliphatic carbocycles. The summed E-state index contributed by atoms with van der Waals surface area (Å²) < 4.78 is 0. The molecule has 2 saturated heterocycles. The number of rotatable bonds is 5. The average Bonchev–Trinajstić information content (AvgIpc) is 3.25. The maximum Gasteiger partial charge on any atom is 0.265 e. The molecule has 1 atom stereocenters. The van der Waals surface area contributed by atoms with E-state index in [0.29, 0.717) is 5.41 Å². The first kappa shape index (κ1) is 19.6. The van der Waals surface area contributed by atoms with Crippen LogP contribution in [0.2, 0.25) is 0 Å². The van der Waals surface area contributed by atoms with Gasteiger partial charge >= 0.3 is 0 Å². The summed E-state index contributed by atoms with van der Waals surface area (Å²) in [7, 11) is 0. The molecular formula is C23H31N3OS. The van der Waals surface area contributed by atoms with E-state index in [9.17, 15) is 4.79 Å². The minimum Gasteiger partial charge on any atom is -0.337 e. The van der Waals surface area contributed by atoms with E-state index in [1.165, 1.54) is 31.4 Å². The molecule has 2 aromatic rings. The maximum atomic E-state index is 13.0. The smallest absolute Gasteiger partial charge is 0.265 e. The number of aryl methyl sites for hydroxylation is 3. The summed E-state index contributed by atoms with van der Waals surface area (Å²) in [6.07, 6.45) is 6.02. The molecule has 4 nitrogen and oxygen atoms in total. The summed E-state index contributed by atoms with van der Waals surface area (Å²) in [6.45, 7) is 9.26. The molecule has 0 bridgehead atoms. The highest BCUT2D eigenvalue weighted by Gasteiger charge is 2.43. The highest BCUT2D eigenvalue weighted by Crippen LogP contribution is 2.40. The SMILES string of the molecule is Cc1nc(C)c(C(=O)N2CCC3(CCCN(CCCc4ccccc4)C3)C2)s1. The molecule has 5 heteroatoms. The van der Waals surface area contributed by atoms with Crippen molar-refractivity contribution in [1.82, 2.24) is 14.8 Å². The number of carbonyl (C=O) groups excluding carboxylic acids is 1. The Labute approximate surface area is 172 Å². The van der Waals surface area contributed by atoms with Crippen molar-refractivity contribution < 1.29 is 4.79 Å². The maximum absolute atomic E-state index is 13.0. The lowest BCUT2D eigenvalue weighted by Crippen LogP contribution is -2.45. The van der Waals surface area contributed by atoms with Gasteiger partial charge in [-0.25, -0.2) is 4.98 Å². The van der Waals surface area contributed by atoms with Crippen molar-refractivity contribution in [3.05, 3.63) is 51.5 Å². The first-order valence-corrected chi connectivity index (χ1v) is 11.4. The molecule has 0 N–H and O–H groups in total. The van der Waals surface area contributed by atoms with Crippen LogP contribution < -0.4 is 0 Å². The number of hydrogen-bond acceptors (Lipinski definition) is 4. The van der Waals surface area contributed by atoms with Gasteiger partial charge in [0, 0.05) is 25.0 Å². The lowest BCUT2D eigenvalue weighted by atomic mass is 9.79. The minimum absolute atomic E-state index is 0.196. The quantitative estimate of drug-likeness (QED) is 0.754. The Morgan fingerprint density at radius 2 is 1.96 bits per heavy atom. The summed E-state index contributed by atoms with van der Waals surface area (Å²) in [5, 5.41) is 0.983. The van der Waals surface area contributed by atoms with Crippen LogP contribution in [0.5, 0.6) is 0 Å². The lowest BCUT2D eigenvalue weighted by Gasteiger charge is -2.40. The molecule has 3 heterocycles. The molecule has 2 aliphatic heterocycles. The Kier molecular flexibility index (Phi) is 5.83. The van der Waals surface area contributed by atoms with Gasteiger partial charge in [0.1, 0.15) is 4.88 Å². The van der Waals surface area contributed by atoms with Crippen molar-refractivity contribution in [3.63, 3.8) is 0 Å².